The van der Waals surface area contributed by atoms with Crippen LogP contribution in [-0.2, 0) is 4.79 Å². The lowest BCUT2D eigenvalue weighted by Crippen LogP contribution is -2.27. The fraction of sp³-hybridized carbons (Fsp3) is 0.471. The summed E-state index contributed by atoms with van der Waals surface area (Å²) in [6.07, 6.45) is 0.110. The van der Waals surface area contributed by atoms with E-state index in [0.717, 1.165) is 17.0 Å². The first-order valence-electron chi connectivity index (χ1n) is 7.22. The molecule has 0 radical (unpaired) electrons. The first-order valence-corrected chi connectivity index (χ1v) is 7.22. The number of carbonyl (C=O) groups is 1. The molecule has 0 fully saturated rings. The number of nitrogens with zero attached hydrogens (tertiary/aromatic N) is 1. The minimum Gasteiger partial charge on any atom is -0.493 e. The molecule has 0 saturated heterocycles. The third-order valence-corrected chi connectivity index (χ3v) is 2.84. The molecule has 4 heteroatoms. The number of carboxylic acid groups (broad SMARTS) is 1. The molecule has 4 nitrogen and oxygen atoms in total. The molecule has 1 aromatic rings. The van der Waals surface area contributed by atoms with Gasteiger partial charge < -0.3 is 14.7 Å². The van der Waals surface area contributed by atoms with Gasteiger partial charge in [-0.1, -0.05) is 26.0 Å². The van der Waals surface area contributed by atoms with Gasteiger partial charge in [-0.25, -0.2) is 0 Å². The predicted octanol–water partition coefficient (Wildman–Crippen LogP) is 3.58. The molecule has 1 rings (SSSR count). The molecule has 0 aliphatic heterocycles. The highest BCUT2D eigenvalue weighted by Gasteiger charge is 2.09. The predicted molar refractivity (Wildman–Crippen MR) is 86.1 cm³/mol. The third kappa shape index (κ3) is 6.84. The van der Waals surface area contributed by atoms with Gasteiger partial charge in [0.25, 0.3) is 0 Å². The Hall–Kier alpha value is -1.97. The molecular formula is C17H25NO3. The molecule has 0 aliphatic carbocycles. The Morgan fingerprint density at radius 1 is 1.33 bits per heavy atom. The van der Waals surface area contributed by atoms with Crippen LogP contribution in [0.15, 0.2) is 36.4 Å². The maximum Gasteiger partial charge on any atom is 0.305 e. The van der Waals surface area contributed by atoms with Gasteiger partial charge in [0, 0.05) is 18.8 Å². The SMILES string of the molecule is C=C(C)CN(CCC(=O)O)c1ccc(OCC(C)C)cc1. The standard InChI is InChI=1S/C17H25NO3/c1-13(2)11-18(10-9-17(19)20)15-5-7-16(8-6-15)21-12-14(3)4/h5-8,14H,1,9-12H2,2-4H3,(H,19,20). The topological polar surface area (TPSA) is 49.8 Å². The zero-order valence-corrected chi connectivity index (χ0v) is 13.1. The third-order valence-electron chi connectivity index (χ3n) is 2.84. The molecule has 0 bridgehead atoms. The van der Waals surface area contributed by atoms with Crippen LogP contribution in [0.4, 0.5) is 5.69 Å². The van der Waals surface area contributed by atoms with Crippen molar-refractivity contribution in [2.75, 3.05) is 24.6 Å². The summed E-state index contributed by atoms with van der Waals surface area (Å²) in [6.45, 7) is 11.9. The Balaban J connectivity index is 2.72. The Morgan fingerprint density at radius 3 is 2.43 bits per heavy atom. The Bertz CT molecular complexity index is 465. The smallest absolute Gasteiger partial charge is 0.305 e. The highest BCUT2D eigenvalue weighted by Crippen LogP contribution is 2.21. The molecule has 0 aromatic heterocycles. The van der Waals surface area contributed by atoms with Crippen LogP contribution in [0.5, 0.6) is 5.75 Å². The van der Waals surface area contributed by atoms with Gasteiger partial charge >= 0.3 is 5.97 Å². The first-order chi connectivity index (χ1) is 9.88. The molecule has 0 atom stereocenters. The maximum absolute atomic E-state index is 10.8. The second-order valence-corrected chi connectivity index (χ2v) is 5.72. The summed E-state index contributed by atoms with van der Waals surface area (Å²) < 4.78 is 5.65. The van der Waals surface area contributed by atoms with Gasteiger partial charge in [0.15, 0.2) is 0 Å². The summed E-state index contributed by atoms with van der Waals surface area (Å²) in [5.74, 6) is 0.528. The van der Waals surface area contributed by atoms with Crippen LogP contribution in [-0.4, -0.2) is 30.8 Å². The number of ether oxygens (including phenoxy) is 1. The van der Waals surface area contributed by atoms with Crippen LogP contribution >= 0.6 is 0 Å². The summed E-state index contributed by atoms with van der Waals surface area (Å²) in [6, 6.07) is 7.76. The van der Waals surface area contributed by atoms with Gasteiger partial charge in [-0.3, -0.25) is 4.79 Å². The Morgan fingerprint density at radius 2 is 1.95 bits per heavy atom. The van der Waals surface area contributed by atoms with Crippen molar-refractivity contribution < 1.29 is 14.6 Å². The van der Waals surface area contributed by atoms with Gasteiger partial charge in [-0.15, -0.1) is 0 Å². The van der Waals surface area contributed by atoms with Crippen LogP contribution in [0.1, 0.15) is 27.2 Å². The van der Waals surface area contributed by atoms with E-state index < -0.39 is 5.97 Å². The van der Waals surface area contributed by atoms with Crippen LogP contribution in [0.2, 0.25) is 0 Å². The van der Waals surface area contributed by atoms with E-state index in [2.05, 4.69) is 20.4 Å². The Kier molecular flexibility index (Phi) is 6.79. The number of anilines is 1. The summed E-state index contributed by atoms with van der Waals surface area (Å²) in [4.78, 5) is 12.8. The summed E-state index contributed by atoms with van der Waals surface area (Å²) in [5, 5.41) is 8.84. The first kappa shape index (κ1) is 17.1. The van der Waals surface area contributed by atoms with Gasteiger partial charge in [0.05, 0.1) is 13.0 Å². The van der Waals surface area contributed by atoms with Crippen molar-refractivity contribution in [1.82, 2.24) is 0 Å². The van der Waals surface area contributed by atoms with E-state index in [1.807, 2.05) is 36.1 Å². The molecule has 0 spiro atoms. The van der Waals surface area contributed by atoms with Crippen molar-refractivity contribution in [3.05, 3.63) is 36.4 Å². The average molecular weight is 291 g/mol. The van der Waals surface area contributed by atoms with Crippen molar-refractivity contribution in [1.29, 1.82) is 0 Å². The zero-order valence-electron chi connectivity index (χ0n) is 13.1. The van der Waals surface area contributed by atoms with Crippen LogP contribution in [0, 0.1) is 5.92 Å². The van der Waals surface area contributed by atoms with E-state index in [9.17, 15) is 4.79 Å². The van der Waals surface area contributed by atoms with E-state index in [0.29, 0.717) is 25.6 Å². The van der Waals surface area contributed by atoms with Crippen LogP contribution in [0.25, 0.3) is 0 Å². The number of hydrogen-bond acceptors (Lipinski definition) is 3. The molecular weight excluding hydrogens is 266 g/mol. The van der Waals surface area contributed by atoms with Crippen molar-refractivity contribution in [2.45, 2.75) is 27.2 Å². The number of aliphatic carboxylic acids is 1. The van der Waals surface area contributed by atoms with Crippen molar-refractivity contribution in [3.8, 4) is 5.75 Å². The van der Waals surface area contributed by atoms with Crippen molar-refractivity contribution >= 4 is 11.7 Å². The second kappa shape index (κ2) is 8.35. The molecule has 1 aromatic carbocycles. The fourth-order valence-electron chi connectivity index (χ4n) is 1.87. The summed E-state index contributed by atoms with van der Waals surface area (Å²) in [5.41, 5.74) is 1.98. The molecule has 0 unspecified atom stereocenters. The summed E-state index contributed by atoms with van der Waals surface area (Å²) in [7, 11) is 0. The number of rotatable bonds is 9. The van der Waals surface area contributed by atoms with E-state index in [-0.39, 0.29) is 6.42 Å². The van der Waals surface area contributed by atoms with Gasteiger partial charge in [0.2, 0.25) is 0 Å². The largest absolute Gasteiger partial charge is 0.493 e. The lowest BCUT2D eigenvalue weighted by atomic mass is 10.2. The van der Waals surface area contributed by atoms with Crippen molar-refractivity contribution in [2.24, 2.45) is 5.92 Å². The monoisotopic (exact) mass is 291 g/mol. The molecule has 116 valence electrons. The minimum atomic E-state index is -0.793. The lowest BCUT2D eigenvalue weighted by molar-refractivity contribution is -0.136. The normalized spacial score (nSPS) is 10.5. The molecule has 21 heavy (non-hydrogen) atoms. The maximum atomic E-state index is 10.8. The van der Waals surface area contributed by atoms with Gasteiger partial charge in [-0.05, 0) is 37.1 Å². The highest BCUT2D eigenvalue weighted by atomic mass is 16.5. The zero-order chi connectivity index (χ0) is 15.8. The minimum absolute atomic E-state index is 0.110. The lowest BCUT2D eigenvalue weighted by Gasteiger charge is -2.24. The highest BCUT2D eigenvalue weighted by molar-refractivity contribution is 5.67. The second-order valence-electron chi connectivity index (χ2n) is 5.72. The fourth-order valence-corrected chi connectivity index (χ4v) is 1.87. The number of benzene rings is 1. The van der Waals surface area contributed by atoms with Crippen LogP contribution < -0.4 is 9.64 Å². The van der Waals surface area contributed by atoms with E-state index in [4.69, 9.17) is 9.84 Å². The molecule has 0 amide bonds. The average Bonchev–Trinajstić information content (AvgIpc) is 2.41. The molecule has 1 N–H and O–H groups in total. The van der Waals surface area contributed by atoms with E-state index >= 15 is 0 Å². The number of hydrogen-bond donors (Lipinski definition) is 1. The molecule has 0 aliphatic rings. The number of carboxylic acids is 1. The van der Waals surface area contributed by atoms with Gasteiger partial charge in [-0.2, -0.15) is 0 Å². The quantitative estimate of drug-likeness (QED) is 0.707. The Labute approximate surface area is 127 Å². The molecule has 0 heterocycles. The van der Waals surface area contributed by atoms with Gasteiger partial charge in [0.1, 0.15) is 5.75 Å². The summed E-state index contributed by atoms with van der Waals surface area (Å²) >= 11 is 0. The van der Waals surface area contributed by atoms with E-state index in [1.165, 1.54) is 0 Å². The van der Waals surface area contributed by atoms with E-state index in [1.54, 1.807) is 0 Å². The van der Waals surface area contributed by atoms with Crippen molar-refractivity contribution in [3.63, 3.8) is 0 Å². The van der Waals surface area contributed by atoms with Crippen LogP contribution in [0.3, 0.4) is 0 Å². The molecule has 0 saturated carbocycles.